The van der Waals surface area contributed by atoms with Crippen LogP contribution in [0.4, 0.5) is 0 Å². The zero-order chi connectivity index (χ0) is 14.6. The molecule has 2 aliphatic rings. The molecule has 0 radical (unpaired) electrons. The number of amides is 1. The lowest BCUT2D eigenvalue weighted by Crippen LogP contribution is -2.41. The molecular formula is C17H32N2O. The van der Waals surface area contributed by atoms with Gasteiger partial charge in [0.05, 0.1) is 0 Å². The van der Waals surface area contributed by atoms with Crippen LogP contribution in [0.2, 0.25) is 0 Å². The van der Waals surface area contributed by atoms with Gasteiger partial charge in [0, 0.05) is 12.5 Å². The quantitative estimate of drug-likeness (QED) is 0.831. The molecule has 2 rings (SSSR count). The van der Waals surface area contributed by atoms with Crippen LogP contribution in [-0.2, 0) is 4.79 Å². The van der Waals surface area contributed by atoms with Crippen LogP contribution in [0.5, 0.6) is 0 Å². The van der Waals surface area contributed by atoms with Gasteiger partial charge in [0.1, 0.15) is 0 Å². The summed E-state index contributed by atoms with van der Waals surface area (Å²) in [6.07, 6.45) is 8.01. The molecule has 0 aromatic heterocycles. The molecule has 1 saturated carbocycles. The fourth-order valence-electron chi connectivity index (χ4n) is 3.65. The Labute approximate surface area is 124 Å². The van der Waals surface area contributed by atoms with Crippen molar-refractivity contribution in [3.63, 3.8) is 0 Å². The molecule has 0 aromatic rings. The van der Waals surface area contributed by atoms with Gasteiger partial charge in [-0.15, -0.1) is 0 Å². The van der Waals surface area contributed by atoms with Crippen molar-refractivity contribution >= 4 is 5.91 Å². The number of hydrogen-bond acceptors (Lipinski definition) is 2. The molecule has 1 amide bonds. The molecule has 1 aliphatic heterocycles. The molecule has 116 valence electrons. The molecule has 1 saturated heterocycles. The van der Waals surface area contributed by atoms with Gasteiger partial charge in [-0.1, -0.05) is 20.8 Å². The van der Waals surface area contributed by atoms with E-state index >= 15 is 0 Å². The zero-order valence-electron chi connectivity index (χ0n) is 13.5. The minimum absolute atomic E-state index is 0.271. The smallest absolute Gasteiger partial charge is 0.220 e. The van der Waals surface area contributed by atoms with Crippen LogP contribution in [0.15, 0.2) is 0 Å². The summed E-state index contributed by atoms with van der Waals surface area (Å²) in [6.45, 7) is 9.15. The molecule has 2 atom stereocenters. The Morgan fingerprint density at radius 1 is 1.30 bits per heavy atom. The lowest BCUT2D eigenvalue weighted by molar-refractivity contribution is -0.123. The van der Waals surface area contributed by atoms with Crippen LogP contribution >= 0.6 is 0 Å². The minimum Gasteiger partial charge on any atom is -0.353 e. The van der Waals surface area contributed by atoms with E-state index in [1.165, 1.54) is 25.7 Å². The first-order valence-corrected chi connectivity index (χ1v) is 8.46. The molecule has 0 bridgehead atoms. The second-order valence-electron chi connectivity index (χ2n) is 7.79. The van der Waals surface area contributed by atoms with E-state index in [0.29, 0.717) is 29.7 Å². The highest BCUT2D eigenvalue weighted by Crippen LogP contribution is 2.35. The number of piperidine rings is 1. The highest BCUT2D eigenvalue weighted by atomic mass is 16.1. The molecular weight excluding hydrogens is 248 g/mol. The van der Waals surface area contributed by atoms with E-state index < -0.39 is 0 Å². The molecule has 3 nitrogen and oxygen atoms in total. The number of carbonyl (C=O) groups excluding carboxylic acids is 1. The number of carbonyl (C=O) groups is 1. The molecule has 3 heteroatoms. The summed E-state index contributed by atoms with van der Waals surface area (Å²) in [6, 6.07) is 0.423. The lowest BCUT2D eigenvalue weighted by Gasteiger charge is -2.35. The van der Waals surface area contributed by atoms with Gasteiger partial charge in [-0.2, -0.15) is 0 Å². The van der Waals surface area contributed by atoms with Crippen molar-refractivity contribution in [3.05, 3.63) is 0 Å². The van der Waals surface area contributed by atoms with Gasteiger partial charge < -0.3 is 10.6 Å². The third kappa shape index (κ3) is 4.76. The van der Waals surface area contributed by atoms with E-state index in [1.54, 1.807) is 0 Å². The van der Waals surface area contributed by atoms with Crippen LogP contribution in [-0.4, -0.2) is 25.0 Å². The molecule has 1 aliphatic carbocycles. The van der Waals surface area contributed by atoms with Gasteiger partial charge in [0.25, 0.3) is 0 Å². The lowest BCUT2D eigenvalue weighted by atomic mass is 9.75. The Balaban J connectivity index is 1.69. The van der Waals surface area contributed by atoms with E-state index in [4.69, 9.17) is 0 Å². The molecule has 1 heterocycles. The van der Waals surface area contributed by atoms with Crippen molar-refractivity contribution in [3.8, 4) is 0 Å². The largest absolute Gasteiger partial charge is 0.353 e. The van der Waals surface area contributed by atoms with Crippen molar-refractivity contribution in [2.45, 2.75) is 71.8 Å². The van der Waals surface area contributed by atoms with Crippen LogP contribution in [0, 0.1) is 17.3 Å². The number of rotatable bonds is 4. The first-order valence-electron chi connectivity index (χ1n) is 8.46. The van der Waals surface area contributed by atoms with Gasteiger partial charge in [-0.25, -0.2) is 0 Å². The van der Waals surface area contributed by atoms with E-state index in [-0.39, 0.29) is 5.91 Å². The third-order valence-corrected chi connectivity index (χ3v) is 5.35. The Morgan fingerprint density at radius 3 is 2.60 bits per heavy atom. The van der Waals surface area contributed by atoms with E-state index in [9.17, 15) is 4.79 Å². The van der Waals surface area contributed by atoms with Gasteiger partial charge >= 0.3 is 0 Å². The normalized spacial score (nSPS) is 28.9. The summed E-state index contributed by atoms with van der Waals surface area (Å²) < 4.78 is 0. The monoisotopic (exact) mass is 280 g/mol. The molecule has 2 unspecified atom stereocenters. The van der Waals surface area contributed by atoms with Crippen LogP contribution in [0.25, 0.3) is 0 Å². The van der Waals surface area contributed by atoms with Gasteiger partial charge in [0.15, 0.2) is 0 Å². The first kappa shape index (κ1) is 15.8. The molecule has 2 N–H and O–H groups in total. The summed E-state index contributed by atoms with van der Waals surface area (Å²) >= 11 is 0. The van der Waals surface area contributed by atoms with E-state index in [2.05, 4.69) is 31.4 Å². The summed E-state index contributed by atoms with van der Waals surface area (Å²) in [5, 5.41) is 6.71. The molecule has 0 spiro atoms. The molecule has 0 aromatic carbocycles. The summed E-state index contributed by atoms with van der Waals surface area (Å²) in [4.78, 5) is 12.2. The fourth-order valence-corrected chi connectivity index (χ4v) is 3.65. The average molecular weight is 280 g/mol. The van der Waals surface area contributed by atoms with Crippen LogP contribution in [0.3, 0.4) is 0 Å². The van der Waals surface area contributed by atoms with E-state index in [0.717, 1.165) is 25.9 Å². The van der Waals surface area contributed by atoms with Crippen molar-refractivity contribution in [2.24, 2.45) is 17.3 Å². The number of nitrogens with one attached hydrogen (secondary N) is 2. The zero-order valence-corrected chi connectivity index (χ0v) is 13.5. The minimum atomic E-state index is 0.271. The maximum absolute atomic E-state index is 12.2. The Hall–Kier alpha value is -0.570. The van der Waals surface area contributed by atoms with Crippen molar-refractivity contribution in [2.75, 3.05) is 13.1 Å². The summed E-state index contributed by atoms with van der Waals surface area (Å²) in [5.41, 5.74) is 0.474. The fraction of sp³-hybridized carbons (Fsp3) is 0.941. The van der Waals surface area contributed by atoms with Crippen LogP contribution < -0.4 is 10.6 Å². The third-order valence-electron chi connectivity index (χ3n) is 5.35. The first-order chi connectivity index (χ1) is 9.46. The predicted molar refractivity (Wildman–Crippen MR) is 83.6 cm³/mol. The maximum Gasteiger partial charge on any atom is 0.220 e. The SMILES string of the molecule is CC(CC(=O)NC1CCC(C)(C)CC1)C1CCCNC1. The summed E-state index contributed by atoms with van der Waals surface area (Å²) in [7, 11) is 0. The van der Waals surface area contributed by atoms with Gasteiger partial charge in [0.2, 0.25) is 5.91 Å². The second kappa shape index (κ2) is 6.93. The van der Waals surface area contributed by atoms with Crippen LogP contribution in [0.1, 0.15) is 65.7 Å². The van der Waals surface area contributed by atoms with E-state index in [1.807, 2.05) is 0 Å². The van der Waals surface area contributed by atoms with Crippen molar-refractivity contribution in [1.29, 1.82) is 0 Å². The molecule has 2 fully saturated rings. The maximum atomic E-state index is 12.2. The Morgan fingerprint density at radius 2 is 2.00 bits per heavy atom. The summed E-state index contributed by atoms with van der Waals surface area (Å²) in [5.74, 6) is 1.45. The second-order valence-corrected chi connectivity index (χ2v) is 7.79. The Bertz CT molecular complexity index is 311. The van der Waals surface area contributed by atoms with Gasteiger partial charge in [-0.05, 0) is 68.9 Å². The highest BCUT2D eigenvalue weighted by Gasteiger charge is 2.28. The predicted octanol–water partition coefficient (Wildman–Crippen LogP) is 3.10. The molecule has 20 heavy (non-hydrogen) atoms. The topological polar surface area (TPSA) is 41.1 Å². The van der Waals surface area contributed by atoms with Gasteiger partial charge in [-0.3, -0.25) is 4.79 Å². The van der Waals surface area contributed by atoms with Crippen molar-refractivity contribution in [1.82, 2.24) is 10.6 Å². The highest BCUT2D eigenvalue weighted by molar-refractivity contribution is 5.76. The average Bonchev–Trinajstić information content (AvgIpc) is 2.42. The standard InChI is InChI=1S/C17H32N2O/c1-13(14-5-4-10-18-12-14)11-16(20)19-15-6-8-17(2,3)9-7-15/h13-15,18H,4-12H2,1-3H3,(H,19,20). The Kier molecular flexibility index (Phi) is 5.48. The van der Waals surface area contributed by atoms with Crippen molar-refractivity contribution < 1.29 is 4.79 Å². The number of hydrogen-bond donors (Lipinski definition) is 2.